The van der Waals surface area contributed by atoms with Gasteiger partial charge in [0.25, 0.3) is 0 Å². The lowest BCUT2D eigenvalue weighted by atomic mass is 10.2. The number of benzene rings is 1. The molecule has 3 rings (SSSR count). The Kier molecular flexibility index (Phi) is 3.44. The number of pyridine rings is 1. The van der Waals surface area contributed by atoms with Crippen LogP contribution in [0.1, 0.15) is 17.1 Å². The molecule has 3 nitrogen and oxygen atoms in total. The minimum atomic E-state index is 0.472. The average molecular weight is 282 g/mol. The maximum absolute atomic E-state index is 6.22. The first-order chi connectivity index (χ1) is 9.72. The van der Waals surface area contributed by atoms with Crippen molar-refractivity contribution < 1.29 is 0 Å². The van der Waals surface area contributed by atoms with E-state index in [4.69, 9.17) is 11.6 Å². The highest BCUT2D eigenvalue weighted by Crippen LogP contribution is 2.22. The molecule has 1 aromatic carbocycles. The Balaban J connectivity index is 2.01. The van der Waals surface area contributed by atoms with Gasteiger partial charge in [0.15, 0.2) is 5.82 Å². The van der Waals surface area contributed by atoms with E-state index in [1.165, 1.54) is 0 Å². The third-order valence-corrected chi connectivity index (χ3v) is 3.20. The molecule has 0 bridgehead atoms. The Morgan fingerprint density at radius 1 is 1.05 bits per heavy atom. The summed E-state index contributed by atoms with van der Waals surface area (Å²) in [5.74, 6) is 0.581. The minimum absolute atomic E-state index is 0.472. The van der Waals surface area contributed by atoms with Crippen molar-refractivity contribution in [3.63, 3.8) is 0 Å². The summed E-state index contributed by atoms with van der Waals surface area (Å²) in [5.41, 5.74) is 2.84. The maximum atomic E-state index is 6.22. The molecule has 0 radical (unpaired) electrons. The Morgan fingerprint density at radius 3 is 2.75 bits per heavy atom. The highest BCUT2D eigenvalue weighted by molar-refractivity contribution is 6.34. The van der Waals surface area contributed by atoms with E-state index in [1.807, 2.05) is 55.5 Å². The molecule has 2 aromatic heterocycles. The van der Waals surface area contributed by atoms with Crippen LogP contribution in [0.2, 0.25) is 5.15 Å². The first-order valence-electron chi connectivity index (χ1n) is 6.25. The van der Waals surface area contributed by atoms with Crippen molar-refractivity contribution in [2.45, 2.75) is 6.92 Å². The number of hydrogen-bond acceptors (Lipinski definition) is 3. The predicted molar refractivity (Wildman–Crippen MR) is 82.5 cm³/mol. The first kappa shape index (κ1) is 12.8. The molecule has 20 heavy (non-hydrogen) atoms. The van der Waals surface area contributed by atoms with Gasteiger partial charge in [-0.25, -0.2) is 9.97 Å². The van der Waals surface area contributed by atoms with E-state index in [0.29, 0.717) is 11.0 Å². The molecule has 0 aliphatic heterocycles. The molecule has 0 atom stereocenters. The average Bonchev–Trinajstić information content (AvgIpc) is 2.47. The molecule has 0 spiro atoms. The number of aryl methyl sites for hydroxylation is 1. The van der Waals surface area contributed by atoms with Crippen LogP contribution in [0.25, 0.3) is 23.1 Å². The van der Waals surface area contributed by atoms with Crippen molar-refractivity contribution in [2.75, 3.05) is 0 Å². The van der Waals surface area contributed by atoms with E-state index in [1.54, 1.807) is 6.20 Å². The summed E-state index contributed by atoms with van der Waals surface area (Å²) >= 11 is 6.22. The number of rotatable bonds is 2. The summed E-state index contributed by atoms with van der Waals surface area (Å²) in [5, 5.41) is 1.35. The predicted octanol–water partition coefficient (Wildman–Crippen LogP) is 4.16. The molecule has 0 saturated carbocycles. The van der Waals surface area contributed by atoms with Gasteiger partial charge in [-0.3, -0.25) is 4.98 Å². The lowest BCUT2D eigenvalue weighted by molar-refractivity contribution is 1.18. The highest BCUT2D eigenvalue weighted by Gasteiger charge is 2.04. The SMILES string of the molecule is Cc1ccc2nc(/C=C/c3ccccn3)nc(Cl)c2c1. The fraction of sp³-hybridized carbons (Fsp3) is 0.0625. The number of fused-ring (bicyclic) bond motifs is 1. The van der Waals surface area contributed by atoms with Crippen LogP contribution in [0, 0.1) is 6.92 Å². The molecule has 4 heteroatoms. The van der Waals surface area contributed by atoms with Crippen LogP contribution in [0.4, 0.5) is 0 Å². The molecule has 0 unspecified atom stereocenters. The maximum Gasteiger partial charge on any atom is 0.154 e. The molecule has 0 N–H and O–H groups in total. The van der Waals surface area contributed by atoms with Crippen LogP contribution >= 0.6 is 11.6 Å². The fourth-order valence-corrected chi connectivity index (χ4v) is 2.17. The third-order valence-electron chi connectivity index (χ3n) is 2.91. The van der Waals surface area contributed by atoms with E-state index >= 15 is 0 Å². The summed E-state index contributed by atoms with van der Waals surface area (Å²) in [6.07, 6.45) is 5.43. The molecular weight excluding hydrogens is 270 g/mol. The Morgan fingerprint density at radius 2 is 1.95 bits per heavy atom. The summed E-state index contributed by atoms with van der Waals surface area (Å²) in [7, 11) is 0. The first-order valence-corrected chi connectivity index (χ1v) is 6.63. The topological polar surface area (TPSA) is 38.7 Å². The van der Waals surface area contributed by atoms with Crippen LogP contribution in [-0.2, 0) is 0 Å². The molecule has 0 fully saturated rings. The van der Waals surface area contributed by atoms with Crippen molar-refractivity contribution in [2.24, 2.45) is 0 Å². The number of nitrogens with zero attached hydrogens (tertiary/aromatic N) is 3. The van der Waals surface area contributed by atoms with Gasteiger partial charge in [-0.2, -0.15) is 0 Å². The van der Waals surface area contributed by atoms with Crippen molar-refractivity contribution >= 4 is 34.7 Å². The van der Waals surface area contributed by atoms with E-state index in [0.717, 1.165) is 22.2 Å². The highest BCUT2D eigenvalue weighted by atomic mass is 35.5. The van der Waals surface area contributed by atoms with E-state index < -0.39 is 0 Å². The zero-order chi connectivity index (χ0) is 13.9. The molecule has 0 aliphatic carbocycles. The van der Waals surface area contributed by atoms with Gasteiger partial charge in [0.2, 0.25) is 0 Å². The monoisotopic (exact) mass is 281 g/mol. The fourth-order valence-electron chi connectivity index (χ4n) is 1.93. The van der Waals surface area contributed by atoms with Crippen LogP contribution in [0.3, 0.4) is 0 Å². The molecule has 0 saturated heterocycles. The summed E-state index contributed by atoms with van der Waals surface area (Å²) in [6.45, 7) is 2.02. The number of halogens is 1. The van der Waals surface area contributed by atoms with Gasteiger partial charge in [-0.1, -0.05) is 29.3 Å². The second kappa shape index (κ2) is 5.39. The van der Waals surface area contributed by atoms with Crippen LogP contribution in [0.5, 0.6) is 0 Å². The Labute approximate surface area is 122 Å². The van der Waals surface area contributed by atoms with E-state index in [-0.39, 0.29) is 0 Å². The molecule has 3 aromatic rings. The van der Waals surface area contributed by atoms with Gasteiger partial charge in [-0.15, -0.1) is 0 Å². The quantitative estimate of drug-likeness (QED) is 0.662. The van der Waals surface area contributed by atoms with Gasteiger partial charge in [0, 0.05) is 11.6 Å². The third kappa shape index (κ3) is 2.68. The van der Waals surface area contributed by atoms with Crippen molar-refractivity contribution in [3.8, 4) is 0 Å². The zero-order valence-corrected chi connectivity index (χ0v) is 11.7. The minimum Gasteiger partial charge on any atom is -0.257 e. The van der Waals surface area contributed by atoms with Crippen LogP contribution in [0.15, 0.2) is 42.6 Å². The van der Waals surface area contributed by atoms with Crippen molar-refractivity contribution in [1.82, 2.24) is 15.0 Å². The van der Waals surface area contributed by atoms with Crippen LogP contribution < -0.4 is 0 Å². The summed E-state index contributed by atoms with van der Waals surface area (Å²) < 4.78 is 0. The number of aromatic nitrogens is 3. The van der Waals surface area contributed by atoms with Crippen molar-refractivity contribution in [1.29, 1.82) is 0 Å². The van der Waals surface area contributed by atoms with Gasteiger partial charge < -0.3 is 0 Å². The van der Waals surface area contributed by atoms with E-state index in [9.17, 15) is 0 Å². The zero-order valence-electron chi connectivity index (χ0n) is 10.9. The van der Waals surface area contributed by atoms with Gasteiger partial charge in [0.1, 0.15) is 5.15 Å². The second-order valence-electron chi connectivity index (χ2n) is 4.48. The summed E-state index contributed by atoms with van der Waals surface area (Å²) in [4.78, 5) is 13.0. The molecule has 98 valence electrons. The van der Waals surface area contributed by atoms with Gasteiger partial charge in [-0.05, 0) is 43.3 Å². The molecule has 0 amide bonds. The second-order valence-corrected chi connectivity index (χ2v) is 4.84. The van der Waals surface area contributed by atoms with Crippen LogP contribution in [-0.4, -0.2) is 15.0 Å². The largest absolute Gasteiger partial charge is 0.257 e. The molecule has 2 heterocycles. The Bertz CT molecular complexity index is 782. The summed E-state index contributed by atoms with van der Waals surface area (Å²) in [6, 6.07) is 11.7. The standard InChI is InChI=1S/C16H12ClN3/c1-11-5-7-14-13(10-11)16(17)20-15(19-14)8-6-12-4-2-3-9-18-12/h2-10H,1H3/b8-6+. The molecular formula is C16H12ClN3. The lowest BCUT2D eigenvalue weighted by Gasteiger charge is -2.02. The Hall–Kier alpha value is -2.26. The van der Waals surface area contributed by atoms with Gasteiger partial charge >= 0.3 is 0 Å². The normalized spacial score (nSPS) is 11.3. The van der Waals surface area contributed by atoms with Gasteiger partial charge in [0.05, 0.1) is 11.2 Å². The number of hydrogen-bond donors (Lipinski definition) is 0. The molecule has 0 aliphatic rings. The van der Waals surface area contributed by atoms with Crippen molar-refractivity contribution in [3.05, 3.63) is 64.8 Å². The van der Waals surface area contributed by atoms with E-state index in [2.05, 4.69) is 15.0 Å². The smallest absolute Gasteiger partial charge is 0.154 e. The lowest BCUT2D eigenvalue weighted by Crippen LogP contribution is -1.91.